The lowest BCUT2D eigenvalue weighted by Gasteiger charge is -2.02. The van der Waals surface area contributed by atoms with E-state index in [-0.39, 0.29) is 11.4 Å². The van der Waals surface area contributed by atoms with Crippen LogP contribution in [-0.4, -0.2) is 26.0 Å². The van der Waals surface area contributed by atoms with Gasteiger partial charge in [-0.1, -0.05) is 6.07 Å². The summed E-state index contributed by atoms with van der Waals surface area (Å²) in [4.78, 5) is 27.4. The number of aromatic carboxylic acids is 1. The van der Waals surface area contributed by atoms with Crippen LogP contribution in [-0.2, 0) is 0 Å². The number of rotatable bonds is 3. The Morgan fingerprint density at radius 1 is 1.50 bits per heavy atom. The first-order chi connectivity index (χ1) is 8.49. The lowest BCUT2D eigenvalue weighted by Crippen LogP contribution is -1.96. The Kier molecular flexibility index (Phi) is 2.80. The van der Waals surface area contributed by atoms with Crippen LogP contribution in [0.1, 0.15) is 16.1 Å². The number of non-ortho nitro benzene ring substituents is 1. The molecule has 7 heteroatoms. The number of imidazole rings is 1. The predicted molar refractivity (Wildman–Crippen MR) is 62.4 cm³/mol. The second-order valence-corrected chi connectivity index (χ2v) is 3.71. The van der Waals surface area contributed by atoms with Crippen LogP contribution in [0.4, 0.5) is 5.69 Å². The van der Waals surface area contributed by atoms with E-state index < -0.39 is 10.9 Å². The number of carbonyl (C=O) groups is 1. The van der Waals surface area contributed by atoms with Gasteiger partial charge in [0.15, 0.2) is 0 Å². The largest absolute Gasteiger partial charge is 0.477 e. The molecule has 0 aliphatic carbocycles. The quantitative estimate of drug-likeness (QED) is 0.636. The number of nitro benzene ring substituents is 1. The topological polar surface area (TPSA) is 109 Å². The first kappa shape index (κ1) is 11.8. The standard InChI is InChI=1S/C11H9N3O4/c1-6-2-3-7(14(17)18)4-8(6)10-12-5-9(13-10)11(15)16/h2-5H,1H3,(H,12,13)(H,15,16). The smallest absolute Gasteiger partial charge is 0.353 e. The lowest BCUT2D eigenvalue weighted by atomic mass is 10.1. The number of hydrogen-bond acceptors (Lipinski definition) is 4. The van der Waals surface area contributed by atoms with Crippen molar-refractivity contribution in [3.63, 3.8) is 0 Å². The fraction of sp³-hybridized carbons (Fsp3) is 0.0909. The molecule has 0 aliphatic heterocycles. The zero-order chi connectivity index (χ0) is 13.3. The summed E-state index contributed by atoms with van der Waals surface area (Å²) in [5.74, 6) is -0.828. The average molecular weight is 247 g/mol. The van der Waals surface area contributed by atoms with Gasteiger partial charge in [0.2, 0.25) is 0 Å². The first-order valence-electron chi connectivity index (χ1n) is 5.03. The summed E-state index contributed by atoms with van der Waals surface area (Å²) in [6.07, 6.45) is 1.18. The molecule has 0 saturated carbocycles. The van der Waals surface area contributed by atoms with Crippen LogP contribution < -0.4 is 0 Å². The fourth-order valence-electron chi connectivity index (χ4n) is 1.55. The van der Waals surface area contributed by atoms with Crippen LogP contribution >= 0.6 is 0 Å². The molecule has 1 heterocycles. The van der Waals surface area contributed by atoms with E-state index in [4.69, 9.17) is 5.11 Å². The number of benzene rings is 1. The number of nitro groups is 1. The minimum absolute atomic E-state index is 0.0593. The van der Waals surface area contributed by atoms with Gasteiger partial charge in [-0.25, -0.2) is 9.78 Å². The van der Waals surface area contributed by atoms with Gasteiger partial charge in [0.05, 0.1) is 11.1 Å². The third kappa shape index (κ3) is 2.05. The average Bonchev–Trinajstić information content (AvgIpc) is 2.78. The van der Waals surface area contributed by atoms with E-state index in [1.54, 1.807) is 13.0 Å². The maximum absolute atomic E-state index is 10.7. The predicted octanol–water partition coefficient (Wildman–Crippen LogP) is 1.99. The van der Waals surface area contributed by atoms with Crippen LogP contribution in [0, 0.1) is 17.0 Å². The highest BCUT2D eigenvalue weighted by atomic mass is 16.6. The molecule has 18 heavy (non-hydrogen) atoms. The summed E-state index contributed by atoms with van der Waals surface area (Å²) < 4.78 is 0. The number of hydrogen-bond donors (Lipinski definition) is 2. The molecule has 0 fully saturated rings. The molecule has 1 aromatic carbocycles. The van der Waals surface area contributed by atoms with Crippen LogP contribution in [0.5, 0.6) is 0 Å². The molecule has 7 nitrogen and oxygen atoms in total. The summed E-state index contributed by atoms with van der Waals surface area (Å²) >= 11 is 0. The Bertz CT molecular complexity index is 633. The third-order valence-corrected chi connectivity index (χ3v) is 2.49. The molecule has 1 aromatic heterocycles. The van der Waals surface area contributed by atoms with Gasteiger partial charge >= 0.3 is 5.97 Å². The second kappa shape index (κ2) is 4.28. The molecular weight excluding hydrogens is 238 g/mol. The van der Waals surface area contributed by atoms with Gasteiger partial charge in [-0.3, -0.25) is 10.1 Å². The molecule has 92 valence electrons. The zero-order valence-corrected chi connectivity index (χ0v) is 9.38. The Labute approximate surface area is 101 Å². The van der Waals surface area contributed by atoms with E-state index >= 15 is 0 Å². The molecule has 0 bridgehead atoms. The zero-order valence-electron chi connectivity index (χ0n) is 9.38. The van der Waals surface area contributed by atoms with E-state index in [1.165, 1.54) is 18.3 Å². The number of H-pyrrole nitrogens is 1. The molecule has 0 unspecified atom stereocenters. The SMILES string of the molecule is Cc1ccc([N+](=O)[O-])cc1-c1ncc(C(=O)O)[nH]1. The molecule has 0 spiro atoms. The van der Waals surface area contributed by atoms with Gasteiger partial charge in [0.1, 0.15) is 11.5 Å². The summed E-state index contributed by atoms with van der Waals surface area (Å²) in [6, 6.07) is 4.34. The van der Waals surface area contributed by atoms with Crippen molar-refractivity contribution in [2.75, 3.05) is 0 Å². The molecule has 2 aromatic rings. The van der Waals surface area contributed by atoms with Gasteiger partial charge < -0.3 is 10.1 Å². The summed E-state index contributed by atoms with van der Waals surface area (Å²) in [5.41, 5.74) is 1.16. The van der Waals surface area contributed by atoms with Gasteiger partial charge in [0.25, 0.3) is 5.69 Å². The van der Waals surface area contributed by atoms with Crippen molar-refractivity contribution >= 4 is 11.7 Å². The highest BCUT2D eigenvalue weighted by Gasteiger charge is 2.14. The van der Waals surface area contributed by atoms with Crippen molar-refractivity contribution < 1.29 is 14.8 Å². The molecule has 0 aliphatic rings. The number of nitrogens with zero attached hydrogens (tertiary/aromatic N) is 2. The van der Waals surface area contributed by atoms with Crippen LogP contribution in [0.2, 0.25) is 0 Å². The molecule has 0 saturated heterocycles. The normalized spacial score (nSPS) is 10.3. The van der Waals surface area contributed by atoms with E-state index in [0.717, 1.165) is 5.56 Å². The number of aryl methyl sites for hydroxylation is 1. The van der Waals surface area contributed by atoms with Crippen molar-refractivity contribution in [2.45, 2.75) is 6.92 Å². The number of aromatic amines is 1. The van der Waals surface area contributed by atoms with E-state index in [1.807, 2.05) is 0 Å². The third-order valence-electron chi connectivity index (χ3n) is 2.49. The Morgan fingerprint density at radius 3 is 2.78 bits per heavy atom. The van der Waals surface area contributed by atoms with E-state index in [2.05, 4.69) is 9.97 Å². The minimum atomic E-state index is -1.13. The van der Waals surface area contributed by atoms with E-state index in [0.29, 0.717) is 11.4 Å². The van der Waals surface area contributed by atoms with Crippen molar-refractivity contribution in [1.82, 2.24) is 9.97 Å². The monoisotopic (exact) mass is 247 g/mol. The maximum Gasteiger partial charge on any atom is 0.353 e. The van der Waals surface area contributed by atoms with Crippen molar-refractivity contribution in [3.05, 3.63) is 45.8 Å². The minimum Gasteiger partial charge on any atom is -0.477 e. The van der Waals surface area contributed by atoms with Crippen LogP contribution in [0.15, 0.2) is 24.4 Å². The number of carboxylic acid groups (broad SMARTS) is 1. The number of aromatic nitrogens is 2. The fourth-order valence-corrected chi connectivity index (χ4v) is 1.55. The lowest BCUT2D eigenvalue weighted by molar-refractivity contribution is -0.384. The second-order valence-electron chi connectivity index (χ2n) is 3.71. The van der Waals surface area contributed by atoms with Gasteiger partial charge in [-0.2, -0.15) is 0 Å². The van der Waals surface area contributed by atoms with E-state index in [9.17, 15) is 14.9 Å². The summed E-state index contributed by atoms with van der Waals surface area (Å²) in [7, 11) is 0. The Hall–Kier alpha value is -2.70. The summed E-state index contributed by atoms with van der Waals surface area (Å²) in [6.45, 7) is 1.77. The molecule has 0 atom stereocenters. The molecule has 2 rings (SSSR count). The molecule has 0 radical (unpaired) electrons. The number of carboxylic acids is 1. The maximum atomic E-state index is 10.7. The van der Waals surface area contributed by atoms with Gasteiger partial charge in [-0.05, 0) is 12.5 Å². The Balaban J connectivity index is 2.51. The molecule has 2 N–H and O–H groups in total. The van der Waals surface area contributed by atoms with Crippen LogP contribution in [0.3, 0.4) is 0 Å². The van der Waals surface area contributed by atoms with Gasteiger partial charge in [-0.15, -0.1) is 0 Å². The van der Waals surface area contributed by atoms with Gasteiger partial charge in [0, 0.05) is 17.7 Å². The highest BCUT2D eigenvalue weighted by molar-refractivity contribution is 5.86. The highest BCUT2D eigenvalue weighted by Crippen LogP contribution is 2.25. The Morgan fingerprint density at radius 2 is 2.22 bits per heavy atom. The van der Waals surface area contributed by atoms with Crippen LogP contribution in [0.25, 0.3) is 11.4 Å². The molecule has 0 amide bonds. The summed E-state index contributed by atoms with van der Waals surface area (Å²) in [5, 5.41) is 19.5. The number of nitrogens with one attached hydrogen (secondary N) is 1. The molecular formula is C11H9N3O4. The van der Waals surface area contributed by atoms with Crippen molar-refractivity contribution in [2.24, 2.45) is 0 Å². The van der Waals surface area contributed by atoms with Crippen molar-refractivity contribution in [1.29, 1.82) is 0 Å². The first-order valence-corrected chi connectivity index (χ1v) is 5.03. The van der Waals surface area contributed by atoms with Crippen molar-refractivity contribution in [3.8, 4) is 11.4 Å².